The molecular weight excluding hydrogens is 298 g/mol. The SMILES string of the molecule is CCN(Cc1cccs1)C(=O)COc1ccc(C)cc1OC. The second-order valence-corrected chi connectivity index (χ2v) is 5.96. The highest BCUT2D eigenvalue weighted by Crippen LogP contribution is 2.27. The van der Waals surface area contributed by atoms with Gasteiger partial charge in [0.2, 0.25) is 0 Å². The summed E-state index contributed by atoms with van der Waals surface area (Å²) in [5.41, 5.74) is 1.09. The Hall–Kier alpha value is -2.01. The predicted octanol–water partition coefficient (Wildman–Crippen LogP) is 3.49. The third-order valence-corrected chi connectivity index (χ3v) is 4.19. The molecule has 118 valence electrons. The van der Waals surface area contributed by atoms with Gasteiger partial charge in [-0.2, -0.15) is 0 Å². The first kappa shape index (κ1) is 16.4. The number of nitrogens with zero attached hydrogens (tertiary/aromatic N) is 1. The molecule has 0 bridgehead atoms. The Balaban J connectivity index is 1.96. The number of thiophene rings is 1. The van der Waals surface area contributed by atoms with Gasteiger partial charge in [0, 0.05) is 11.4 Å². The first-order valence-electron chi connectivity index (χ1n) is 7.21. The average molecular weight is 319 g/mol. The van der Waals surface area contributed by atoms with Crippen LogP contribution >= 0.6 is 11.3 Å². The van der Waals surface area contributed by atoms with Crippen LogP contribution in [0.3, 0.4) is 0 Å². The van der Waals surface area contributed by atoms with E-state index in [0.29, 0.717) is 24.6 Å². The number of likely N-dealkylation sites (N-methyl/N-ethyl adjacent to an activating group) is 1. The van der Waals surface area contributed by atoms with E-state index in [0.717, 1.165) is 5.56 Å². The fourth-order valence-electron chi connectivity index (χ4n) is 2.09. The molecule has 0 saturated heterocycles. The molecule has 0 unspecified atom stereocenters. The van der Waals surface area contributed by atoms with Crippen molar-refractivity contribution in [2.24, 2.45) is 0 Å². The average Bonchev–Trinajstić information content (AvgIpc) is 3.04. The maximum atomic E-state index is 12.3. The number of benzene rings is 1. The summed E-state index contributed by atoms with van der Waals surface area (Å²) < 4.78 is 10.9. The molecule has 0 N–H and O–H groups in total. The highest BCUT2D eigenvalue weighted by molar-refractivity contribution is 7.09. The summed E-state index contributed by atoms with van der Waals surface area (Å²) >= 11 is 1.65. The van der Waals surface area contributed by atoms with Crippen LogP contribution in [0.4, 0.5) is 0 Å². The number of ether oxygens (including phenoxy) is 2. The van der Waals surface area contributed by atoms with Crippen molar-refractivity contribution in [1.82, 2.24) is 4.90 Å². The Morgan fingerprint density at radius 1 is 1.27 bits per heavy atom. The van der Waals surface area contributed by atoms with Gasteiger partial charge in [0.1, 0.15) is 0 Å². The molecule has 1 aromatic carbocycles. The maximum Gasteiger partial charge on any atom is 0.260 e. The summed E-state index contributed by atoms with van der Waals surface area (Å²) in [5, 5.41) is 2.02. The zero-order chi connectivity index (χ0) is 15.9. The van der Waals surface area contributed by atoms with Crippen molar-refractivity contribution in [1.29, 1.82) is 0 Å². The quantitative estimate of drug-likeness (QED) is 0.784. The fraction of sp³-hybridized carbons (Fsp3) is 0.353. The zero-order valence-corrected chi connectivity index (χ0v) is 14.0. The summed E-state index contributed by atoms with van der Waals surface area (Å²) in [4.78, 5) is 15.3. The predicted molar refractivity (Wildman–Crippen MR) is 88.6 cm³/mol. The van der Waals surface area contributed by atoms with Gasteiger partial charge in [-0.25, -0.2) is 0 Å². The molecule has 2 rings (SSSR count). The molecular formula is C17H21NO3S. The molecule has 0 saturated carbocycles. The molecule has 4 nitrogen and oxygen atoms in total. The number of hydrogen-bond donors (Lipinski definition) is 0. The smallest absolute Gasteiger partial charge is 0.260 e. The van der Waals surface area contributed by atoms with Crippen LogP contribution in [-0.4, -0.2) is 31.1 Å². The molecule has 2 aromatic rings. The van der Waals surface area contributed by atoms with E-state index in [9.17, 15) is 4.79 Å². The number of carbonyl (C=O) groups is 1. The van der Waals surface area contributed by atoms with Crippen LogP contribution in [0.2, 0.25) is 0 Å². The van der Waals surface area contributed by atoms with Gasteiger partial charge in [-0.05, 0) is 43.0 Å². The lowest BCUT2D eigenvalue weighted by Gasteiger charge is -2.20. The third kappa shape index (κ3) is 4.24. The maximum absolute atomic E-state index is 12.3. The lowest BCUT2D eigenvalue weighted by atomic mass is 10.2. The Labute approximate surface area is 135 Å². The molecule has 1 heterocycles. The molecule has 1 aromatic heterocycles. The number of carbonyl (C=O) groups excluding carboxylic acids is 1. The van der Waals surface area contributed by atoms with Gasteiger partial charge < -0.3 is 14.4 Å². The molecule has 5 heteroatoms. The lowest BCUT2D eigenvalue weighted by molar-refractivity contribution is -0.133. The van der Waals surface area contributed by atoms with E-state index in [1.807, 2.05) is 49.6 Å². The largest absolute Gasteiger partial charge is 0.493 e. The molecule has 0 aliphatic rings. The van der Waals surface area contributed by atoms with E-state index in [4.69, 9.17) is 9.47 Å². The van der Waals surface area contributed by atoms with Crippen LogP contribution in [0.1, 0.15) is 17.4 Å². The van der Waals surface area contributed by atoms with E-state index in [2.05, 4.69) is 0 Å². The topological polar surface area (TPSA) is 38.8 Å². The van der Waals surface area contributed by atoms with Gasteiger partial charge in [0.15, 0.2) is 18.1 Å². The van der Waals surface area contributed by atoms with Crippen molar-refractivity contribution in [3.8, 4) is 11.5 Å². The van der Waals surface area contributed by atoms with Gasteiger partial charge in [-0.1, -0.05) is 12.1 Å². The summed E-state index contributed by atoms with van der Waals surface area (Å²) in [6.07, 6.45) is 0. The van der Waals surface area contributed by atoms with Crippen molar-refractivity contribution < 1.29 is 14.3 Å². The highest BCUT2D eigenvalue weighted by atomic mass is 32.1. The number of rotatable bonds is 7. The number of amides is 1. The van der Waals surface area contributed by atoms with Crippen LogP contribution < -0.4 is 9.47 Å². The van der Waals surface area contributed by atoms with Crippen LogP contribution in [0.25, 0.3) is 0 Å². The molecule has 22 heavy (non-hydrogen) atoms. The Bertz CT molecular complexity index is 610. The van der Waals surface area contributed by atoms with E-state index in [1.54, 1.807) is 23.3 Å². The highest BCUT2D eigenvalue weighted by Gasteiger charge is 2.14. The molecule has 0 fully saturated rings. The van der Waals surface area contributed by atoms with Crippen LogP contribution in [0.5, 0.6) is 11.5 Å². The first-order valence-corrected chi connectivity index (χ1v) is 8.09. The van der Waals surface area contributed by atoms with Crippen molar-refractivity contribution in [3.63, 3.8) is 0 Å². The molecule has 1 amide bonds. The lowest BCUT2D eigenvalue weighted by Crippen LogP contribution is -2.34. The minimum absolute atomic E-state index is 0.0125. The minimum atomic E-state index is -0.0291. The van der Waals surface area contributed by atoms with Gasteiger partial charge in [0.05, 0.1) is 13.7 Å². The second kappa shape index (κ2) is 7.84. The molecule has 0 radical (unpaired) electrons. The summed E-state index contributed by atoms with van der Waals surface area (Å²) in [7, 11) is 1.60. The first-order chi connectivity index (χ1) is 10.6. The van der Waals surface area contributed by atoms with Crippen LogP contribution in [-0.2, 0) is 11.3 Å². The fourth-order valence-corrected chi connectivity index (χ4v) is 2.81. The van der Waals surface area contributed by atoms with Crippen LogP contribution in [0, 0.1) is 6.92 Å². The monoisotopic (exact) mass is 319 g/mol. The molecule has 0 atom stereocenters. The van der Waals surface area contributed by atoms with Gasteiger partial charge in [-0.3, -0.25) is 4.79 Å². The zero-order valence-electron chi connectivity index (χ0n) is 13.2. The van der Waals surface area contributed by atoms with Gasteiger partial charge in [-0.15, -0.1) is 11.3 Å². The summed E-state index contributed by atoms with van der Waals surface area (Å²) in [5.74, 6) is 1.21. The van der Waals surface area contributed by atoms with Crippen molar-refractivity contribution >= 4 is 17.2 Å². The number of hydrogen-bond acceptors (Lipinski definition) is 4. The Morgan fingerprint density at radius 3 is 2.73 bits per heavy atom. The van der Waals surface area contributed by atoms with E-state index >= 15 is 0 Å². The van der Waals surface area contributed by atoms with Crippen molar-refractivity contribution in [2.45, 2.75) is 20.4 Å². The van der Waals surface area contributed by atoms with E-state index in [-0.39, 0.29) is 12.5 Å². The second-order valence-electron chi connectivity index (χ2n) is 4.93. The van der Waals surface area contributed by atoms with E-state index in [1.165, 1.54) is 4.88 Å². The third-order valence-electron chi connectivity index (χ3n) is 3.33. The standard InChI is InChI=1S/C17H21NO3S/c1-4-18(11-14-6-5-9-22-14)17(19)12-21-15-8-7-13(2)10-16(15)20-3/h5-10H,4,11-12H2,1-3H3. The Morgan fingerprint density at radius 2 is 2.09 bits per heavy atom. The van der Waals surface area contributed by atoms with Gasteiger partial charge >= 0.3 is 0 Å². The Kier molecular flexibility index (Phi) is 5.83. The number of aryl methyl sites for hydroxylation is 1. The normalized spacial score (nSPS) is 10.3. The van der Waals surface area contributed by atoms with E-state index < -0.39 is 0 Å². The van der Waals surface area contributed by atoms with Crippen LogP contribution in [0.15, 0.2) is 35.7 Å². The van der Waals surface area contributed by atoms with Crippen molar-refractivity contribution in [2.75, 3.05) is 20.3 Å². The van der Waals surface area contributed by atoms with Crippen molar-refractivity contribution in [3.05, 3.63) is 46.2 Å². The molecule has 0 spiro atoms. The summed E-state index contributed by atoms with van der Waals surface area (Å²) in [6, 6.07) is 9.68. The summed E-state index contributed by atoms with van der Waals surface area (Å²) in [6.45, 7) is 5.25. The minimum Gasteiger partial charge on any atom is -0.493 e. The molecule has 0 aliphatic carbocycles. The van der Waals surface area contributed by atoms with Gasteiger partial charge in [0.25, 0.3) is 5.91 Å². The molecule has 0 aliphatic heterocycles. The number of methoxy groups -OCH3 is 1.